The van der Waals surface area contributed by atoms with E-state index in [-0.39, 0.29) is 11.6 Å². The number of rotatable bonds is 6. The summed E-state index contributed by atoms with van der Waals surface area (Å²) in [6.45, 7) is 4.76. The van der Waals surface area contributed by atoms with Crippen LogP contribution in [0.25, 0.3) is 0 Å². The SMILES string of the molecule is Cc1nc(N)c(CCC2CCN(C(=O)C(C)NC(=O)c3cccnn3)CC2)c(Cl)n1. The summed E-state index contributed by atoms with van der Waals surface area (Å²) in [6, 6.07) is 2.56. The number of aryl methyl sites for hydroxylation is 1. The molecule has 1 fully saturated rings. The number of halogens is 1. The molecule has 0 aliphatic carbocycles. The van der Waals surface area contributed by atoms with Crippen LogP contribution in [-0.2, 0) is 11.2 Å². The summed E-state index contributed by atoms with van der Waals surface area (Å²) in [5.74, 6) is 0.968. The number of hydrogen-bond acceptors (Lipinski definition) is 7. The third kappa shape index (κ3) is 5.41. The Morgan fingerprint density at radius 2 is 2.07 bits per heavy atom. The van der Waals surface area contributed by atoms with Crippen LogP contribution < -0.4 is 11.1 Å². The molecule has 9 nitrogen and oxygen atoms in total. The van der Waals surface area contributed by atoms with Gasteiger partial charge in [0.1, 0.15) is 22.8 Å². The molecule has 0 spiro atoms. The Hall–Kier alpha value is -2.81. The third-order valence-electron chi connectivity index (χ3n) is 5.35. The lowest BCUT2D eigenvalue weighted by Gasteiger charge is -2.33. The molecule has 1 unspecified atom stereocenters. The van der Waals surface area contributed by atoms with E-state index in [1.165, 1.54) is 6.20 Å². The zero-order chi connectivity index (χ0) is 21.7. The van der Waals surface area contributed by atoms with E-state index in [4.69, 9.17) is 17.3 Å². The Bertz CT molecular complexity index is 878. The Morgan fingerprint density at radius 3 is 2.70 bits per heavy atom. The van der Waals surface area contributed by atoms with E-state index in [0.29, 0.717) is 42.2 Å². The second kappa shape index (κ2) is 9.80. The Kier molecular flexibility index (Phi) is 7.15. The normalized spacial score (nSPS) is 15.6. The summed E-state index contributed by atoms with van der Waals surface area (Å²) in [6.07, 6.45) is 4.90. The molecule has 2 amide bonds. The highest BCUT2D eigenvalue weighted by molar-refractivity contribution is 6.30. The lowest BCUT2D eigenvalue weighted by molar-refractivity contribution is -0.134. The lowest BCUT2D eigenvalue weighted by Crippen LogP contribution is -2.49. The zero-order valence-corrected chi connectivity index (χ0v) is 17.9. The van der Waals surface area contributed by atoms with Crippen LogP contribution in [0.3, 0.4) is 0 Å². The quantitative estimate of drug-likeness (QED) is 0.667. The Labute approximate surface area is 180 Å². The van der Waals surface area contributed by atoms with E-state index in [0.717, 1.165) is 24.8 Å². The number of anilines is 1. The van der Waals surface area contributed by atoms with Crippen molar-refractivity contribution >= 4 is 29.2 Å². The summed E-state index contributed by atoms with van der Waals surface area (Å²) in [4.78, 5) is 35.0. The van der Waals surface area contributed by atoms with Crippen LogP contribution in [0.15, 0.2) is 18.3 Å². The molecule has 1 saturated heterocycles. The molecule has 0 saturated carbocycles. The van der Waals surface area contributed by atoms with Gasteiger partial charge >= 0.3 is 0 Å². The van der Waals surface area contributed by atoms with E-state index in [9.17, 15) is 9.59 Å². The van der Waals surface area contributed by atoms with Crippen molar-refractivity contribution in [2.45, 2.75) is 45.6 Å². The fourth-order valence-electron chi connectivity index (χ4n) is 3.63. The van der Waals surface area contributed by atoms with Gasteiger partial charge in [0.15, 0.2) is 5.69 Å². The van der Waals surface area contributed by atoms with Gasteiger partial charge in [-0.05, 0) is 57.6 Å². The van der Waals surface area contributed by atoms with Crippen molar-refractivity contribution < 1.29 is 9.59 Å². The fourth-order valence-corrected chi connectivity index (χ4v) is 3.95. The molecule has 0 bridgehead atoms. The van der Waals surface area contributed by atoms with Crippen molar-refractivity contribution in [3.8, 4) is 0 Å². The summed E-state index contributed by atoms with van der Waals surface area (Å²) in [5, 5.41) is 10.6. The number of carbonyl (C=O) groups is 2. The predicted octanol–water partition coefficient (Wildman–Crippen LogP) is 1.80. The molecule has 0 aromatic carbocycles. The highest BCUT2D eigenvalue weighted by atomic mass is 35.5. The number of carbonyl (C=O) groups excluding carboxylic acids is 2. The smallest absolute Gasteiger partial charge is 0.272 e. The van der Waals surface area contributed by atoms with Gasteiger partial charge in [-0.2, -0.15) is 5.10 Å². The van der Waals surface area contributed by atoms with Gasteiger partial charge in [0, 0.05) is 24.8 Å². The molecule has 1 aliphatic rings. The van der Waals surface area contributed by atoms with Crippen LogP contribution in [0.4, 0.5) is 5.82 Å². The molecule has 160 valence electrons. The maximum atomic E-state index is 12.7. The highest BCUT2D eigenvalue weighted by Gasteiger charge is 2.27. The highest BCUT2D eigenvalue weighted by Crippen LogP contribution is 2.26. The number of likely N-dealkylation sites (tertiary alicyclic amines) is 1. The van der Waals surface area contributed by atoms with Gasteiger partial charge in [-0.15, -0.1) is 5.10 Å². The number of nitrogen functional groups attached to an aromatic ring is 1. The first kappa shape index (κ1) is 21.9. The maximum absolute atomic E-state index is 12.7. The van der Waals surface area contributed by atoms with Crippen molar-refractivity contribution in [2.24, 2.45) is 5.92 Å². The Balaban J connectivity index is 1.47. The van der Waals surface area contributed by atoms with Crippen LogP contribution in [0, 0.1) is 12.8 Å². The molecule has 0 radical (unpaired) electrons. The van der Waals surface area contributed by atoms with Crippen molar-refractivity contribution in [3.05, 3.63) is 40.6 Å². The van der Waals surface area contributed by atoms with E-state index >= 15 is 0 Å². The van der Waals surface area contributed by atoms with Crippen molar-refractivity contribution in [3.63, 3.8) is 0 Å². The molecular formula is C20H26ClN7O2. The van der Waals surface area contributed by atoms with Gasteiger partial charge in [0.2, 0.25) is 5.91 Å². The molecule has 2 aromatic heterocycles. The van der Waals surface area contributed by atoms with E-state index < -0.39 is 11.9 Å². The zero-order valence-electron chi connectivity index (χ0n) is 17.1. The number of nitrogens with one attached hydrogen (secondary N) is 1. The van der Waals surface area contributed by atoms with Crippen LogP contribution >= 0.6 is 11.6 Å². The number of nitrogens with two attached hydrogens (primary N) is 1. The summed E-state index contributed by atoms with van der Waals surface area (Å²) < 4.78 is 0. The van der Waals surface area contributed by atoms with Crippen molar-refractivity contribution in [1.82, 2.24) is 30.4 Å². The minimum absolute atomic E-state index is 0.0927. The van der Waals surface area contributed by atoms with E-state index in [2.05, 4.69) is 25.5 Å². The molecule has 3 N–H and O–H groups in total. The van der Waals surface area contributed by atoms with Gasteiger partial charge in [-0.1, -0.05) is 11.6 Å². The first-order valence-corrected chi connectivity index (χ1v) is 10.4. The van der Waals surface area contributed by atoms with Crippen molar-refractivity contribution in [1.29, 1.82) is 0 Å². The number of piperidine rings is 1. The summed E-state index contributed by atoms with van der Waals surface area (Å²) >= 11 is 6.21. The standard InChI is InChI=1S/C20H26ClN7O2/c1-12(24-19(29)16-4-3-9-23-27-16)20(30)28-10-7-14(8-11-28)5-6-15-17(21)25-13(2)26-18(15)22/h3-4,9,12,14H,5-8,10-11H2,1-2H3,(H,24,29)(H2,22,25,26). The first-order valence-electron chi connectivity index (χ1n) is 10.0. The van der Waals surface area contributed by atoms with Crippen LogP contribution in [-0.4, -0.2) is 56.0 Å². The molecule has 1 atom stereocenters. The van der Waals surface area contributed by atoms with Crippen LogP contribution in [0.5, 0.6) is 0 Å². The molecular weight excluding hydrogens is 406 g/mol. The van der Waals surface area contributed by atoms with Crippen LogP contribution in [0.2, 0.25) is 5.15 Å². The van der Waals surface area contributed by atoms with E-state index in [1.807, 2.05) is 0 Å². The van der Waals surface area contributed by atoms with Gasteiger partial charge in [-0.25, -0.2) is 9.97 Å². The average molecular weight is 432 g/mol. The largest absolute Gasteiger partial charge is 0.383 e. The number of aromatic nitrogens is 4. The molecule has 10 heteroatoms. The minimum atomic E-state index is -0.626. The summed E-state index contributed by atoms with van der Waals surface area (Å²) in [5.41, 5.74) is 6.96. The maximum Gasteiger partial charge on any atom is 0.272 e. The van der Waals surface area contributed by atoms with E-state index in [1.54, 1.807) is 30.9 Å². The monoisotopic (exact) mass is 431 g/mol. The van der Waals surface area contributed by atoms with Crippen LogP contribution in [0.1, 0.15) is 48.1 Å². The Morgan fingerprint density at radius 1 is 1.33 bits per heavy atom. The second-order valence-electron chi connectivity index (χ2n) is 7.54. The average Bonchev–Trinajstić information content (AvgIpc) is 2.73. The van der Waals surface area contributed by atoms with Gasteiger partial charge in [0.25, 0.3) is 5.91 Å². The summed E-state index contributed by atoms with van der Waals surface area (Å²) in [7, 11) is 0. The number of amides is 2. The topological polar surface area (TPSA) is 127 Å². The molecule has 3 heterocycles. The van der Waals surface area contributed by atoms with Gasteiger partial charge in [-0.3, -0.25) is 9.59 Å². The third-order valence-corrected chi connectivity index (χ3v) is 5.66. The minimum Gasteiger partial charge on any atom is -0.383 e. The molecule has 1 aliphatic heterocycles. The molecule has 2 aromatic rings. The number of hydrogen-bond donors (Lipinski definition) is 2. The van der Waals surface area contributed by atoms with Crippen molar-refractivity contribution in [2.75, 3.05) is 18.8 Å². The lowest BCUT2D eigenvalue weighted by atomic mass is 9.90. The molecule has 30 heavy (non-hydrogen) atoms. The van der Waals surface area contributed by atoms with Gasteiger partial charge < -0.3 is 16.0 Å². The first-order chi connectivity index (χ1) is 14.3. The molecule has 3 rings (SSSR count). The number of nitrogens with zero attached hydrogens (tertiary/aromatic N) is 5. The second-order valence-corrected chi connectivity index (χ2v) is 7.89. The fraction of sp³-hybridized carbons (Fsp3) is 0.500. The predicted molar refractivity (Wildman–Crippen MR) is 113 cm³/mol. The van der Waals surface area contributed by atoms with Gasteiger partial charge in [0.05, 0.1) is 0 Å².